The molecule has 0 radical (unpaired) electrons. The van der Waals surface area contributed by atoms with E-state index in [2.05, 4.69) is 20.8 Å². The number of alkyl halides is 3. The number of hydrogen-bond acceptors (Lipinski definition) is 0. The van der Waals surface area contributed by atoms with Gasteiger partial charge in [-0.15, -0.1) is 0 Å². The molecule has 0 aromatic rings. The van der Waals surface area contributed by atoms with Crippen LogP contribution in [0.2, 0.25) is 0 Å². The highest BCUT2D eigenvalue weighted by Crippen LogP contribution is 2.49. The van der Waals surface area contributed by atoms with Gasteiger partial charge in [0.05, 0.1) is 5.41 Å². The number of rotatable bonds is 10. The maximum absolute atomic E-state index is 13.1. The molecule has 1 atom stereocenters. The predicted molar refractivity (Wildman–Crippen MR) is 80.8 cm³/mol. The molecule has 20 heavy (non-hydrogen) atoms. The van der Waals surface area contributed by atoms with Gasteiger partial charge in [-0.3, -0.25) is 0 Å². The lowest BCUT2D eigenvalue weighted by Crippen LogP contribution is -2.37. The van der Waals surface area contributed by atoms with Crippen LogP contribution in [-0.2, 0) is 0 Å². The van der Waals surface area contributed by atoms with Crippen LogP contribution < -0.4 is 0 Å². The Bertz CT molecular complexity index is 255. The average molecular weight is 294 g/mol. The topological polar surface area (TPSA) is 0 Å². The molecular weight excluding hydrogens is 261 g/mol. The summed E-state index contributed by atoms with van der Waals surface area (Å²) in [6.45, 7) is 9.02. The molecule has 0 rings (SSSR count). The van der Waals surface area contributed by atoms with Crippen molar-refractivity contribution in [2.24, 2.45) is 10.8 Å². The summed E-state index contributed by atoms with van der Waals surface area (Å²) in [6, 6.07) is 0. The summed E-state index contributed by atoms with van der Waals surface area (Å²) >= 11 is 0. The van der Waals surface area contributed by atoms with Crippen LogP contribution in [0.3, 0.4) is 0 Å². The van der Waals surface area contributed by atoms with Gasteiger partial charge in [0.15, 0.2) is 0 Å². The van der Waals surface area contributed by atoms with Crippen LogP contribution in [0.15, 0.2) is 0 Å². The highest BCUT2D eigenvalue weighted by molar-refractivity contribution is 4.86. The van der Waals surface area contributed by atoms with Gasteiger partial charge < -0.3 is 0 Å². The minimum absolute atomic E-state index is 0.178. The van der Waals surface area contributed by atoms with Crippen LogP contribution in [0.25, 0.3) is 0 Å². The van der Waals surface area contributed by atoms with E-state index in [0.29, 0.717) is 0 Å². The van der Waals surface area contributed by atoms with E-state index in [9.17, 15) is 13.2 Å². The Labute approximate surface area is 123 Å². The van der Waals surface area contributed by atoms with Gasteiger partial charge in [-0.05, 0) is 24.7 Å². The summed E-state index contributed by atoms with van der Waals surface area (Å²) in [5.74, 6) is 0. The van der Waals surface area contributed by atoms with Gasteiger partial charge in [0.25, 0.3) is 0 Å². The summed E-state index contributed by atoms with van der Waals surface area (Å²) in [6.07, 6.45) is 4.61. The van der Waals surface area contributed by atoms with E-state index in [4.69, 9.17) is 0 Å². The molecule has 0 spiro atoms. The molecule has 1 unspecified atom stereocenters. The highest BCUT2D eigenvalue weighted by Gasteiger charge is 2.50. The van der Waals surface area contributed by atoms with E-state index in [1.54, 1.807) is 0 Å². The third-order valence-corrected chi connectivity index (χ3v) is 4.40. The summed E-state index contributed by atoms with van der Waals surface area (Å²) in [5.41, 5.74) is -1.76. The van der Waals surface area contributed by atoms with Crippen molar-refractivity contribution in [3.8, 4) is 0 Å². The van der Waals surface area contributed by atoms with Crippen molar-refractivity contribution in [2.75, 3.05) is 0 Å². The zero-order chi connectivity index (χ0) is 15.9. The molecule has 3 heteroatoms. The summed E-state index contributed by atoms with van der Waals surface area (Å²) in [7, 11) is 0. The maximum Gasteiger partial charge on any atom is 0.393 e. The molecule has 122 valence electrons. The molecule has 0 aliphatic rings. The minimum atomic E-state index is -4.11. The molecule has 0 aliphatic carbocycles. The summed E-state index contributed by atoms with van der Waals surface area (Å²) in [5, 5.41) is 0. The molecule has 0 N–H and O–H groups in total. The fourth-order valence-electron chi connectivity index (χ4n) is 3.05. The second kappa shape index (κ2) is 8.29. The quantitative estimate of drug-likeness (QED) is 0.376. The summed E-state index contributed by atoms with van der Waals surface area (Å²) < 4.78 is 39.4. The lowest BCUT2D eigenvalue weighted by Gasteiger charge is -2.39. The van der Waals surface area contributed by atoms with Crippen molar-refractivity contribution in [3.63, 3.8) is 0 Å². The van der Waals surface area contributed by atoms with E-state index < -0.39 is 11.6 Å². The third-order valence-electron chi connectivity index (χ3n) is 4.40. The summed E-state index contributed by atoms with van der Waals surface area (Å²) in [4.78, 5) is 0. The van der Waals surface area contributed by atoms with Crippen molar-refractivity contribution in [1.82, 2.24) is 0 Å². The second-order valence-electron chi connectivity index (χ2n) is 7.28. The molecule has 0 bridgehead atoms. The highest BCUT2D eigenvalue weighted by atomic mass is 19.4. The monoisotopic (exact) mass is 294 g/mol. The molecular formula is C17H33F3. The first-order chi connectivity index (χ1) is 9.08. The fraction of sp³-hybridized carbons (Fsp3) is 1.00. The van der Waals surface area contributed by atoms with Crippen molar-refractivity contribution in [2.45, 2.75) is 98.6 Å². The van der Waals surface area contributed by atoms with Crippen molar-refractivity contribution < 1.29 is 13.2 Å². The van der Waals surface area contributed by atoms with Gasteiger partial charge in [0.2, 0.25) is 0 Å². The number of hydrogen-bond donors (Lipinski definition) is 0. The van der Waals surface area contributed by atoms with Gasteiger partial charge in [-0.1, -0.05) is 73.1 Å². The Kier molecular flexibility index (Phi) is 8.20. The molecule has 0 saturated heterocycles. The van der Waals surface area contributed by atoms with Gasteiger partial charge in [0, 0.05) is 0 Å². The van der Waals surface area contributed by atoms with E-state index in [0.717, 1.165) is 38.5 Å². The van der Waals surface area contributed by atoms with Crippen molar-refractivity contribution in [3.05, 3.63) is 0 Å². The first-order valence-corrected chi connectivity index (χ1v) is 8.15. The Morgan fingerprint density at radius 1 is 0.700 bits per heavy atom. The fourth-order valence-corrected chi connectivity index (χ4v) is 3.05. The molecule has 0 heterocycles. The molecule has 0 nitrogen and oxygen atoms in total. The van der Waals surface area contributed by atoms with E-state index in [1.165, 1.54) is 26.7 Å². The first-order valence-electron chi connectivity index (χ1n) is 8.15. The second-order valence-corrected chi connectivity index (χ2v) is 7.28. The van der Waals surface area contributed by atoms with Gasteiger partial charge >= 0.3 is 6.18 Å². The number of unbranched alkanes of at least 4 members (excludes halogenated alkanes) is 4. The van der Waals surface area contributed by atoms with Crippen LogP contribution in [0.1, 0.15) is 92.4 Å². The van der Waals surface area contributed by atoms with E-state index >= 15 is 0 Å². The lowest BCUT2D eigenvalue weighted by molar-refractivity contribution is -0.222. The lowest BCUT2D eigenvalue weighted by atomic mass is 9.68. The molecule has 0 amide bonds. The van der Waals surface area contributed by atoms with Gasteiger partial charge in [-0.2, -0.15) is 13.2 Å². The van der Waals surface area contributed by atoms with Crippen LogP contribution in [0.4, 0.5) is 13.2 Å². The van der Waals surface area contributed by atoms with Crippen LogP contribution in [-0.4, -0.2) is 6.18 Å². The standard InChI is InChI=1S/C17H33F3/c1-6-8-10-11-13-16(5,12-9-7-2)14-15(3,4)17(18,19)20/h6-14H2,1-5H3. The third kappa shape index (κ3) is 6.99. The van der Waals surface area contributed by atoms with Crippen molar-refractivity contribution in [1.29, 1.82) is 0 Å². The van der Waals surface area contributed by atoms with E-state index in [-0.39, 0.29) is 11.8 Å². The maximum atomic E-state index is 13.1. The molecule has 0 saturated carbocycles. The van der Waals surface area contributed by atoms with E-state index in [1.807, 2.05) is 0 Å². The van der Waals surface area contributed by atoms with Gasteiger partial charge in [-0.25, -0.2) is 0 Å². The smallest absolute Gasteiger partial charge is 0.171 e. The van der Waals surface area contributed by atoms with Crippen molar-refractivity contribution >= 4 is 0 Å². The van der Waals surface area contributed by atoms with Crippen LogP contribution >= 0.6 is 0 Å². The van der Waals surface area contributed by atoms with Gasteiger partial charge in [0.1, 0.15) is 0 Å². The molecule has 0 aromatic carbocycles. The minimum Gasteiger partial charge on any atom is -0.171 e. The molecule has 0 aliphatic heterocycles. The molecule has 0 fully saturated rings. The van der Waals surface area contributed by atoms with Crippen LogP contribution in [0.5, 0.6) is 0 Å². The van der Waals surface area contributed by atoms with Crippen LogP contribution in [0, 0.1) is 10.8 Å². The number of halogens is 3. The Balaban J connectivity index is 4.68. The average Bonchev–Trinajstić information content (AvgIpc) is 2.30. The Morgan fingerprint density at radius 2 is 1.20 bits per heavy atom. The Morgan fingerprint density at radius 3 is 1.65 bits per heavy atom. The zero-order valence-electron chi connectivity index (χ0n) is 14.0. The zero-order valence-corrected chi connectivity index (χ0v) is 14.0. The normalized spacial score (nSPS) is 16.2. The first kappa shape index (κ1) is 19.8. The SMILES string of the molecule is CCCCCCC(C)(CCCC)CC(C)(C)C(F)(F)F. The molecule has 0 aromatic heterocycles. The largest absolute Gasteiger partial charge is 0.393 e. The predicted octanol–water partition coefficient (Wildman–Crippen LogP) is 7.13. The Hall–Kier alpha value is -0.210.